The molecule has 0 unspecified atom stereocenters. The molecule has 3 rings (SSSR count). The molecule has 1 aromatic carbocycles. The van der Waals surface area contributed by atoms with Crippen LogP contribution in [0.4, 0.5) is 10.3 Å². The zero-order chi connectivity index (χ0) is 15.0. The molecule has 0 fully saturated rings. The number of hydrogen-bond donors (Lipinski definition) is 1. The first-order valence-electron chi connectivity index (χ1n) is 6.15. The lowest BCUT2D eigenvalue weighted by Crippen LogP contribution is -1.98. The monoisotopic (exact) mass is 367 g/mol. The maximum absolute atomic E-state index is 13.1. The average Bonchev–Trinajstić information content (AvgIpc) is 2.82. The second-order valence-electron chi connectivity index (χ2n) is 4.36. The topological polar surface area (TPSA) is 47.0 Å². The molecule has 2 heterocycles. The van der Waals surface area contributed by atoms with E-state index in [2.05, 4.69) is 31.2 Å². The number of aromatic nitrogens is 2. The molecule has 7 heteroatoms. The minimum atomic E-state index is -0.329. The molecule has 2 aromatic heterocycles. The van der Waals surface area contributed by atoms with Gasteiger partial charge in [0.25, 0.3) is 0 Å². The number of thiophene rings is 1. The van der Waals surface area contributed by atoms with Crippen LogP contribution in [0.3, 0.4) is 0 Å². The Labute approximate surface area is 133 Å². The van der Waals surface area contributed by atoms with Crippen LogP contribution in [0, 0.1) is 12.7 Å². The summed E-state index contributed by atoms with van der Waals surface area (Å²) >= 11 is 4.86. The van der Waals surface area contributed by atoms with Crippen LogP contribution < -0.4 is 10.1 Å². The first-order valence-corrected chi connectivity index (χ1v) is 7.76. The third kappa shape index (κ3) is 2.84. The van der Waals surface area contributed by atoms with Gasteiger partial charge in [0.15, 0.2) is 0 Å². The summed E-state index contributed by atoms with van der Waals surface area (Å²) in [5.41, 5.74) is 0. The number of hydrogen-bond acceptors (Lipinski definition) is 5. The maximum Gasteiger partial charge on any atom is 0.232 e. The Balaban J connectivity index is 2.10. The minimum Gasteiger partial charge on any atom is -0.437 e. The molecule has 0 atom stereocenters. The van der Waals surface area contributed by atoms with E-state index in [0.717, 1.165) is 15.1 Å². The van der Waals surface area contributed by atoms with Gasteiger partial charge in [0.05, 0.1) is 9.86 Å². The standard InChI is InChI=1S/C14H11BrFN3OS/c1-7-5-9-12(18-14(17-2)19-13(9)21-7)20-11-4-3-8(16)6-10(11)15/h3-6H,1-2H3,(H,17,18,19). The number of nitrogens with zero attached hydrogens (tertiary/aromatic N) is 2. The van der Waals surface area contributed by atoms with E-state index in [4.69, 9.17) is 4.74 Å². The summed E-state index contributed by atoms with van der Waals surface area (Å²) in [7, 11) is 1.75. The summed E-state index contributed by atoms with van der Waals surface area (Å²) in [6, 6.07) is 6.24. The van der Waals surface area contributed by atoms with E-state index in [9.17, 15) is 4.39 Å². The largest absolute Gasteiger partial charge is 0.437 e. The Morgan fingerprint density at radius 1 is 1.29 bits per heavy atom. The highest BCUT2D eigenvalue weighted by Crippen LogP contribution is 2.36. The van der Waals surface area contributed by atoms with Crippen LogP contribution in [0.15, 0.2) is 28.7 Å². The Morgan fingerprint density at radius 3 is 2.81 bits per heavy atom. The van der Waals surface area contributed by atoms with E-state index >= 15 is 0 Å². The lowest BCUT2D eigenvalue weighted by atomic mass is 10.3. The summed E-state index contributed by atoms with van der Waals surface area (Å²) in [5, 5.41) is 3.75. The van der Waals surface area contributed by atoms with Crippen LogP contribution in [0.1, 0.15) is 4.88 Å². The fourth-order valence-electron chi connectivity index (χ4n) is 1.87. The van der Waals surface area contributed by atoms with Crippen LogP contribution in [0.2, 0.25) is 0 Å². The minimum absolute atomic E-state index is 0.329. The predicted octanol–water partition coefficient (Wildman–Crippen LogP) is 4.74. The lowest BCUT2D eigenvalue weighted by Gasteiger charge is -2.09. The van der Waals surface area contributed by atoms with Crippen LogP contribution in [0.5, 0.6) is 11.6 Å². The highest BCUT2D eigenvalue weighted by Gasteiger charge is 2.13. The van der Waals surface area contributed by atoms with Crippen molar-refractivity contribution in [2.75, 3.05) is 12.4 Å². The number of ether oxygens (including phenoxy) is 1. The molecule has 0 saturated carbocycles. The number of benzene rings is 1. The first-order chi connectivity index (χ1) is 10.1. The van der Waals surface area contributed by atoms with Crippen molar-refractivity contribution in [3.05, 3.63) is 39.4 Å². The SMILES string of the molecule is CNc1nc(Oc2ccc(F)cc2Br)c2cc(C)sc2n1. The third-order valence-corrected chi connectivity index (χ3v) is 4.37. The van der Waals surface area contributed by atoms with Gasteiger partial charge in [-0.25, -0.2) is 9.37 Å². The summed E-state index contributed by atoms with van der Waals surface area (Å²) in [6.07, 6.45) is 0. The van der Waals surface area contributed by atoms with Gasteiger partial charge in [-0.15, -0.1) is 11.3 Å². The molecule has 0 radical (unpaired) electrons. The van der Waals surface area contributed by atoms with Crippen molar-refractivity contribution in [1.82, 2.24) is 9.97 Å². The van der Waals surface area contributed by atoms with Crippen LogP contribution >= 0.6 is 27.3 Å². The van der Waals surface area contributed by atoms with Crippen molar-refractivity contribution in [2.45, 2.75) is 6.92 Å². The Kier molecular flexibility index (Phi) is 3.77. The van der Waals surface area contributed by atoms with Crippen LogP contribution in [-0.2, 0) is 0 Å². The fraction of sp³-hybridized carbons (Fsp3) is 0.143. The van der Waals surface area contributed by atoms with Crippen LogP contribution in [-0.4, -0.2) is 17.0 Å². The number of aryl methyl sites for hydroxylation is 1. The summed E-state index contributed by atoms with van der Waals surface area (Å²) in [6.45, 7) is 2.00. The summed E-state index contributed by atoms with van der Waals surface area (Å²) in [5.74, 6) is 1.10. The first kappa shape index (κ1) is 14.2. The fourth-order valence-corrected chi connectivity index (χ4v) is 3.17. The normalized spacial score (nSPS) is 10.9. The van der Waals surface area contributed by atoms with Gasteiger partial charge in [0.2, 0.25) is 11.8 Å². The highest BCUT2D eigenvalue weighted by molar-refractivity contribution is 9.10. The molecule has 0 aliphatic rings. The Hall–Kier alpha value is -1.73. The smallest absolute Gasteiger partial charge is 0.232 e. The van der Waals surface area contributed by atoms with Gasteiger partial charge in [0, 0.05) is 11.9 Å². The molecule has 4 nitrogen and oxygen atoms in total. The molecule has 0 spiro atoms. The molecule has 3 aromatic rings. The molecule has 0 bridgehead atoms. The van der Waals surface area contributed by atoms with Crippen molar-refractivity contribution < 1.29 is 9.13 Å². The van der Waals surface area contributed by atoms with Gasteiger partial charge in [-0.1, -0.05) is 0 Å². The Morgan fingerprint density at radius 2 is 2.10 bits per heavy atom. The molecule has 0 aliphatic carbocycles. The number of halogens is 2. The van der Waals surface area contributed by atoms with Gasteiger partial charge in [0.1, 0.15) is 16.4 Å². The number of anilines is 1. The molecule has 0 amide bonds. The molecule has 0 aliphatic heterocycles. The van der Waals surface area contributed by atoms with E-state index in [1.54, 1.807) is 24.5 Å². The second kappa shape index (κ2) is 5.57. The predicted molar refractivity (Wildman–Crippen MR) is 85.9 cm³/mol. The quantitative estimate of drug-likeness (QED) is 0.726. The Bertz CT molecular complexity index is 821. The van der Waals surface area contributed by atoms with Gasteiger partial charge in [-0.3, -0.25) is 0 Å². The average molecular weight is 368 g/mol. The zero-order valence-electron chi connectivity index (χ0n) is 11.3. The number of nitrogens with one attached hydrogen (secondary N) is 1. The van der Waals surface area contributed by atoms with E-state index in [-0.39, 0.29) is 5.82 Å². The second-order valence-corrected chi connectivity index (χ2v) is 6.44. The highest BCUT2D eigenvalue weighted by atomic mass is 79.9. The van der Waals surface area contributed by atoms with Crippen molar-refractivity contribution in [2.24, 2.45) is 0 Å². The molecular weight excluding hydrogens is 357 g/mol. The van der Waals surface area contributed by atoms with E-state index < -0.39 is 0 Å². The van der Waals surface area contributed by atoms with Gasteiger partial charge >= 0.3 is 0 Å². The maximum atomic E-state index is 13.1. The van der Waals surface area contributed by atoms with Crippen molar-refractivity contribution in [3.8, 4) is 11.6 Å². The van der Waals surface area contributed by atoms with Gasteiger partial charge in [-0.05, 0) is 47.1 Å². The number of fused-ring (bicyclic) bond motifs is 1. The van der Waals surface area contributed by atoms with Crippen LogP contribution in [0.25, 0.3) is 10.2 Å². The van der Waals surface area contributed by atoms with Crippen molar-refractivity contribution in [3.63, 3.8) is 0 Å². The van der Waals surface area contributed by atoms with E-state index in [0.29, 0.717) is 22.1 Å². The molecule has 1 N–H and O–H groups in total. The molecule has 108 valence electrons. The zero-order valence-corrected chi connectivity index (χ0v) is 13.7. The van der Waals surface area contributed by atoms with Crippen molar-refractivity contribution >= 4 is 43.4 Å². The molecule has 21 heavy (non-hydrogen) atoms. The number of rotatable bonds is 3. The molecule has 0 saturated heterocycles. The lowest BCUT2D eigenvalue weighted by molar-refractivity contribution is 0.464. The van der Waals surface area contributed by atoms with Gasteiger partial charge in [-0.2, -0.15) is 4.98 Å². The summed E-state index contributed by atoms with van der Waals surface area (Å²) < 4.78 is 19.5. The molecular formula is C14H11BrFN3OS. The third-order valence-electron chi connectivity index (χ3n) is 2.81. The van der Waals surface area contributed by atoms with Gasteiger partial charge < -0.3 is 10.1 Å². The van der Waals surface area contributed by atoms with E-state index in [1.807, 2.05) is 13.0 Å². The van der Waals surface area contributed by atoms with Crippen molar-refractivity contribution in [1.29, 1.82) is 0 Å². The van der Waals surface area contributed by atoms with E-state index in [1.165, 1.54) is 12.1 Å². The summed E-state index contributed by atoms with van der Waals surface area (Å²) in [4.78, 5) is 10.7.